The molecule has 1 fully saturated rings. The lowest BCUT2D eigenvalue weighted by molar-refractivity contribution is -0.157. The summed E-state index contributed by atoms with van der Waals surface area (Å²) in [6.07, 6.45) is 0.00283. The van der Waals surface area contributed by atoms with Gasteiger partial charge in [0.05, 0.1) is 30.0 Å². The maximum absolute atomic E-state index is 14.1. The fourth-order valence-corrected chi connectivity index (χ4v) is 10.2. The molecule has 0 radical (unpaired) electrons. The normalized spacial score (nSPS) is 16.6. The number of Topliss-reactive ketones (excluding diaryl/α,β-unsaturated/α-hetero) is 1. The van der Waals surface area contributed by atoms with Gasteiger partial charge in [-0.1, -0.05) is 109 Å². The number of rotatable bonds is 12. The van der Waals surface area contributed by atoms with Gasteiger partial charge in [-0.3, -0.25) is 19.3 Å². The number of benzene rings is 4. The zero-order valence-corrected chi connectivity index (χ0v) is 26.1. The number of likely N-dealkylation sites (tertiary alicyclic amines) is 1. The minimum Gasteiger partial charge on any atom is -0.478 e. The van der Waals surface area contributed by atoms with E-state index in [2.05, 4.69) is 6.58 Å². The second-order valence-corrected chi connectivity index (χ2v) is 14.3. The van der Waals surface area contributed by atoms with Crippen molar-refractivity contribution in [1.29, 1.82) is 0 Å². The average Bonchev–Trinajstić information content (AvgIpc) is 3.06. The summed E-state index contributed by atoms with van der Waals surface area (Å²) in [5.41, 5.74) is 0.393. The Morgan fingerprint density at radius 1 is 0.826 bits per heavy atom. The summed E-state index contributed by atoms with van der Waals surface area (Å²) in [6.45, 7) is 2.04. The minimum atomic E-state index is -3.14. The third-order valence-corrected chi connectivity index (χ3v) is 12.2. The van der Waals surface area contributed by atoms with Crippen LogP contribution in [0.1, 0.15) is 40.5 Å². The van der Waals surface area contributed by atoms with Crippen molar-refractivity contribution in [2.24, 2.45) is 5.92 Å². The van der Waals surface area contributed by atoms with Crippen LogP contribution in [-0.4, -0.2) is 56.5 Å². The molecule has 3 atom stereocenters. The van der Waals surface area contributed by atoms with Crippen LogP contribution in [0.4, 0.5) is 0 Å². The highest BCUT2D eigenvalue weighted by Crippen LogP contribution is 2.50. The first-order valence-electron chi connectivity index (χ1n) is 14.8. The molecule has 1 amide bonds. The molecular weight excluding hydrogens is 601 g/mol. The van der Waals surface area contributed by atoms with Gasteiger partial charge in [-0.05, 0) is 35.0 Å². The van der Waals surface area contributed by atoms with Crippen LogP contribution in [0.15, 0.2) is 128 Å². The van der Waals surface area contributed by atoms with Gasteiger partial charge in [0.2, 0.25) is 11.5 Å². The van der Waals surface area contributed by atoms with Crippen molar-refractivity contribution in [2.45, 2.75) is 31.9 Å². The Hall–Kier alpha value is -5.04. The van der Waals surface area contributed by atoms with Gasteiger partial charge in [0.1, 0.15) is 0 Å². The molecule has 234 valence electrons. The summed E-state index contributed by atoms with van der Waals surface area (Å²) in [7, 11) is 0. The van der Waals surface area contributed by atoms with Crippen molar-refractivity contribution in [3.63, 3.8) is 0 Å². The van der Waals surface area contributed by atoms with E-state index in [1.165, 1.54) is 42.2 Å². The topological polar surface area (TPSA) is 121 Å². The number of hydrogen-bond acceptors (Lipinski definition) is 6. The average molecular weight is 636 g/mol. The molecule has 9 heteroatoms. The molecule has 1 saturated heterocycles. The zero-order valence-electron chi connectivity index (χ0n) is 25.2. The quantitative estimate of drug-likeness (QED) is 0.0780. The molecule has 0 spiro atoms. The Kier molecular flexibility index (Phi) is 9.81. The number of aliphatic hydroxyl groups is 1. The van der Waals surface area contributed by atoms with E-state index in [0.717, 1.165) is 15.9 Å². The van der Waals surface area contributed by atoms with Crippen molar-refractivity contribution in [1.82, 2.24) is 4.90 Å². The molecule has 4 aromatic rings. The number of ether oxygens (including phenoxy) is 1. The number of carboxylic acids is 1. The van der Waals surface area contributed by atoms with Gasteiger partial charge < -0.3 is 14.9 Å². The van der Waals surface area contributed by atoms with Crippen LogP contribution in [0.3, 0.4) is 0 Å². The lowest BCUT2D eigenvalue weighted by atomic mass is 9.80. The van der Waals surface area contributed by atoms with Crippen LogP contribution in [0, 0.1) is 5.92 Å². The van der Waals surface area contributed by atoms with Crippen molar-refractivity contribution in [3.8, 4) is 0 Å². The summed E-state index contributed by atoms with van der Waals surface area (Å²) >= 11 is 0. The van der Waals surface area contributed by atoms with Crippen molar-refractivity contribution in [2.75, 3.05) is 0 Å². The van der Waals surface area contributed by atoms with E-state index in [-0.39, 0.29) is 35.4 Å². The van der Waals surface area contributed by atoms with Crippen LogP contribution < -0.4 is 15.9 Å². The molecule has 2 N–H and O–H groups in total. The molecule has 0 bridgehead atoms. The molecule has 4 aromatic carbocycles. The minimum absolute atomic E-state index is 0.0340. The number of carbonyl (C=O) groups is 4. The molecule has 0 aliphatic carbocycles. The van der Waals surface area contributed by atoms with Gasteiger partial charge in [-0.15, -0.1) is 6.58 Å². The Labute approximate surface area is 267 Å². The van der Waals surface area contributed by atoms with E-state index < -0.39 is 42.8 Å². The number of carboxylic acid groups (broad SMARTS) is 1. The van der Waals surface area contributed by atoms with Crippen LogP contribution in [0.2, 0.25) is 0 Å². The molecule has 8 nitrogen and oxygen atoms in total. The van der Waals surface area contributed by atoms with Crippen molar-refractivity contribution in [3.05, 3.63) is 139 Å². The smallest absolute Gasteiger partial charge is 0.335 e. The van der Waals surface area contributed by atoms with Gasteiger partial charge >= 0.3 is 11.9 Å². The van der Waals surface area contributed by atoms with Gasteiger partial charge in [-0.25, -0.2) is 4.79 Å². The van der Waals surface area contributed by atoms with E-state index in [4.69, 9.17) is 4.74 Å². The highest BCUT2D eigenvalue weighted by molar-refractivity contribution is 7.95. The maximum atomic E-state index is 14.1. The number of carbonyl (C=O) groups excluding carboxylic acids is 3. The van der Waals surface area contributed by atoms with Crippen LogP contribution >= 0.6 is 6.89 Å². The Morgan fingerprint density at radius 3 is 1.70 bits per heavy atom. The van der Waals surface area contributed by atoms with Crippen LogP contribution in [0.25, 0.3) is 0 Å². The highest BCUT2D eigenvalue weighted by atomic mass is 31.2. The lowest BCUT2D eigenvalue weighted by Gasteiger charge is -2.50. The second kappa shape index (κ2) is 13.9. The number of nitrogens with zero attached hydrogens (tertiary/aromatic N) is 1. The van der Waals surface area contributed by atoms with Crippen LogP contribution in [-0.2, 0) is 14.3 Å². The molecule has 0 saturated carbocycles. The first-order valence-corrected chi connectivity index (χ1v) is 16.6. The number of aliphatic hydroxyl groups excluding tert-OH is 1. The van der Waals surface area contributed by atoms with E-state index >= 15 is 0 Å². The van der Waals surface area contributed by atoms with E-state index in [9.17, 15) is 29.4 Å². The predicted molar refractivity (Wildman–Crippen MR) is 179 cm³/mol. The molecule has 0 aromatic heterocycles. The van der Waals surface area contributed by atoms with Gasteiger partial charge in [0, 0.05) is 18.9 Å². The lowest BCUT2D eigenvalue weighted by Crippen LogP contribution is -2.67. The summed E-state index contributed by atoms with van der Waals surface area (Å²) < 4.78 is 6.28. The monoisotopic (exact) mass is 635 g/mol. The molecule has 1 aliphatic rings. The summed E-state index contributed by atoms with van der Waals surface area (Å²) in [5.74, 6) is -3.51. The zero-order chi connectivity index (χ0) is 32.8. The fourth-order valence-electron chi connectivity index (χ4n) is 5.93. The molecule has 3 unspecified atom stereocenters. The number of amides is 1. The third-order valence-electron chi connectivity index (χ3n) is 8.08. The standard InChI is InChI=1S/C37H34NO7P/c1-3-13-33(41)45-37(38-31(34(25(2)39)35(38)42)24-32(40)26-20-22-27(23-21-26)36(43)44)46(28-14-7-4-8-15-28,29-16-9-5-10-17-29)30-18-11-6-12-19-30/h3-12,14-23,25,31,34,39H,1,13,24H2,2H3,(H,43,44). The SMILES string of the molecule is C=CCC(=O)OC(N1C(=O)C(C(C)O)C1CC(=O)c1ccc(C(=O)O)cc1)=P(c1ccccc1)(c1ccccc1)c1ccccc1. The van der Waals surface area contributed by atoms with Crippen LogP contribution in [0.5, 0.6) is 0 Å². The molecule has 46 heavy (non-hydrogen) atoms. The van der Waals surface area contributed by atoms with Gasteiger partial charge in [-0.2, -0.15) is 0 Å². The largest absolute Gasteiger partial charge is 0.478 e. The number of hydrogen-bond donors (Lipinski definition) is 2. The van der Waals surface area contributed by atoms with Gasteiger partial charge in [0.15, 0.2) is 5.78 Å². The highest BCUT2D eigenvalue weighted by Gasteiger charge is 2.55. The molecule has 5 rings (SSSR count). The van der Waals surface area contributed by atoms with Crippen molar-refractivity contribution >= 4 is 52.0 Å². The Balaban J connectivity index is 1.80. The Morgan fingerprint density at radius 2 is 1.28 bits per heavy atom. The van der Waals surface area contributed by atoms with Crippen molar-refractivity contribution < 1.29 is 34.1 Å². The summed E-state index contributed by atoms with van der Waals surface area (Å²) in [6, 6.07) is 33.3. The summed E-state index contributed by atoms with van der Waals surface area (Å²) in [4.78, 5) is 54.0. The predicted octanol–water partition coefficient (Wildman–Crippen LogP) is 4.37. The number of esters is 1. The Bertz CT molecular complexity index is 1700. The fraction of sp³-hybridized carbons (Fsp3) is 0.162. The third kappa shape index (κ3) is 6.10. The number of ketones is 1. The van der Waals surface area contributed by atoms with E-state index in [1.54, 1.807) is 0 Å². The van der Waals surface area contributed by atoms with Gasteiger partial charge in [0.25, 0.3) is 0 Å². The first-order chi connectivity index (χ1) is 22.2. The first kappa shape index (κ1) is 32.4. The number of β-lactam (4-membered cyclic amide) rings is 1. The van der Waals surface area contributed by atoms with E-state index in [0.29, 0.717) is 0 Å². The van der Waals surface area contributed by atoms with E-state index in [1.807, 2.05) is 91.0 Å². The molecule has 1 aliphatic heterocycles. The molecular formula is C37H34NO7P. The summed E-state index contributed by atoms with van der Waals surface area (Å²) in [5, 5.41) is 22.5. The molecule has 1 heterocycles. The maximum Gasteiger partial charge on any atom is 0.335 e. The second-order valence-electron chi connectivity index (χ2n) is 11.0. The number of aromatic carboxylic acids is 1.